The standard InChI is InChI=1S/C22H29NO4/c1-16(14-26-20-12-10-18(25-5)11-13-20)23-21(24)15-27-19-8-6-17(7-9-19)22(2,3)4/h6-13,16H,14-15H2,1-5H3,(H,23,24)/t16-/m0/s1. The molecule has 0 aliphatic heterocycles. The first kappa shape index (κ1) is 20.6. The summed E-state index contributed by atoms with van der Waals surface area (Å²) in [6.07, 6.45) is 0. The second kappa shape index (κ2) is 9.31. The minimum atomic E-state index is -0.180. The quantitative estimate of drug-likeness (QED) is 0.763. The summed E-state index contributed by atoms with van der Waals surface area (Å²) in [5, 5.41) is 2.86. The summed E-state index contributed by atoms with van der Waals surface area (Å²) in [6, 6.07) is 15.0. The number of amides is 1. The Morgan fingerprint density at radius 1 is 0.926 bits per heavy atom. The van der Waals surface area contributed by atoms with Gasteiger partial charge in [-0.15, -0.1) is 0 Å². The van der Waals surface area contributed by atoms with Crippen LogP contribution in [0, 0.1) is 0 Å². The second-order valence-electron chi connectivity index (χ2n) is 7.52. The highest BCUT2D eigenvalue weighted by Crippen LogP contribution is 2.24. The highest BCUT2D eigenvalue weighted by Gasteiger charge is 2.13. The molecule has 0 bridgehead atoms. The highest BCUT2D eigenvalue weighted by molar-refractivity contribution is 5.77. The minimum Gasteiger partial charge on any atom is -0.497 e. The molecule has 2 aromatic carbocycles. The van der Waals surface area contributed by atoms with E-state index < -0.39 is 0 Å². The van der Waals surface area contributed by atoms with Crippen LogP contribution in [0.2, 0.25) is 0 Å². The van der Waals surface area contributed by atoms with Crippen molar-refractivity contribution < 1.29 is 19.0 Å². The van der Waals surface area contributed by atoms with Crippen molar-refractivity contribution >= 4 is 5.91 Å². The molecule has 0 saturated carbocycles. The van der Waals surface area contributed by atoms with E-state index in [0.29, 0.717) is 12.4 Å². The lowest BCUT2D eigenvalue weighted by atomic mass is 9.87. The van der Waals surface area contributed by atoms with E-state index in [4.69, 9.17) is 14.2 Å². The van der Waals surface area contributed by atoms with Gasteiger partial charge in [0.25, 0.3) is 5.91 Å². The third-order valence-corrected chi connectivity index (χ3v) is 4.06. The van der Waals surface area contributed by atoms with Crippen LogP contribution in [0.5, 0.6) is 17.2 Å². The molecule has 0 saturated heterocycles. The van der Waals surface area contributed by atoms with Gasteiger partial charge >= 0.3 is 0 Å². The van der Waals surface area contributed by atoms with Crippen molar-refractivity contribution in [2.24, 2.45) is 0 Å². The number of carbonyl (C=O) groups excluding carboxylic acids is 1. The first-order valence-corrected chi connectivity index (χ1v) is 9.07. The molecule has 0 aliphatic rings. The maximum atomic E-state index is 12.0. The average Bonchev–Trinajstić information content (AvgIpc) is 2.65. The number of methoxy groups -OCH3 is 1. The predicted octanol–water partition coefficient (Wildman–Crippen LogP) is 3.96. The SMILES string of the molecule is COc1ccc(OC[C@H](C)NC(=O)COc2ccc(C(C)(C)C)cc2)cc1. The topological polar surface area (TPSA) is 56.8 Å². The summed E-state index contributed by atoms with van der Waals surface area (Å²) in [4.78, 5) is 12.0. The van der Waals surface area contributed by atoms with Gasteiger partial charge in [0.15, 0.2) is 6.61 Å². The van der Waals surface area contributed by atoms with E-state index in [1.807, 2.05) is 55.5 Å². The first-order valence-electron chi connectivity index (χ1n) is 9.07. The lowest BCUT2D eigenvalue weighted by Crippen LogP contribution is -2.39. The van der Waals surface area contributed by atoms with Crippen LogP contribution < -0.4 is 19.5 Å². The van der Waals surface area contributed by atoms with Crippen molar-refractivity contribution in [1.82, 2.24) is 5.32 Å². The van der Waals surface area contributed by atoms with Gasteiger partial charge in [-0.25, -0.2) is 0 Å². The molecule has 1 N–H and O–H groups in total. The van der Waals surface area contributed by atoms with Gasteiger partial charge < -0.3 is 19.5 Å². The number of ether oxygens (including phenoxy) is 3. The summed E-state index contributed by atoms with van der Waals surface area (Å²) in [6.45, 7) is 8.71. The highest BCUT2D eigenvalue weighted by atomic mass is 16.5. The number of nitrogens with one attached hydrogen (secondary N) is 1. The van der Waals surface area contributed by atoms with Gasteiger partial charge in [-0.3, -0.25) is 4.79 Å². The van der Waals surface area contributed by atoms with Crippen LogP contribution in [-0.4, -0.2) is 32.3 Å². The Kier molecular flexibility index (Phi) is 7.11. The van der Waals surface area contributed by atoms with Gasteiger partial charge in [-0.2, -0.15) is 0 Å². The Balaban J connectivity index is 1.72. The summed E-state index contributed by atoms with van der Waals surface area (Å²) < 4.78 is 16.3. The molecule has 1 atom stereocenters. The maximum absolute atomic E-state index is 12.0. The molecular formula is C22H29NO4. The van der Waals surface area contributed by atoms with E-state index in [9.17, 15) is 4.79 Å². The van der Waals surface area contributed by atoms with Crippen LogP contribution in [0.15, 0.2) is 48.5 Å². The van der Waals surface area contributed by atoms with Crippen LogP contribution in [0.3, 0.4) is 0 Å². The lowest BCUT2D eigenvalue weighted by Gasteiger charge is -2.19. The molecule has 0 spiro atoms. The zero-order chi connectivity index (χ0) is 19.9. The van der Waals surface area contributed by atoms with Crippen molar-refractivity contribution in [3.8, 4) is 17.2 Å². The lowest BCUT2D eigenvalue weighted by molar-refractivity contribution is -0.123. The zero-order valence-corrected chi connectivity index (χ0v) is 16.7. The second-order valence-corrected chi connectivity index (χ2v) is 7.52. The van der Waals surface area contributed by atoms with Crippen molar-refractivity contribution in [1.29, 1.82) is 0 Å². The van der Waals surface area contributed by atoms with E-state index in [1.165, 1.54) is 5.56 Å². The Bertz CT molecular complexity index is 717. The predicted molar refractivity (Wildman–Crippen MR) is 107 cm³/mol. The molecule has 0 aromatic heterocycles. The number of hydrogen-bond donors (Lipinski definition) is 1. The van der Waals surface area contributed by atoms with Gasteiger partial charge in [0.1, 0.15) is 23.9 Å². The van der Waals surface area contributed by atoms with Gasteiger partial charge in [-0.05, 0) is 54.3 Å². The fourth-order valence-corrected chi connectivity index (χ4v) is 2.45. The van der Waals surface area contributed by atoms with Crippen LogP contribution in [0.4, 0.5) is 0 Å². The molecule has 2 rings (SSSR count). The molecule has 5 nitrogen and oxygen atoms in total. The fourth-order valence-electron chi connectivity index (χ4n) is 2.45. The van der Waals surface area contributed by atoms with Crippen LogP contribution >= 0.6 is 0 Å². The minimum absolute atomic E-state index is 0.0261. The Morgan fingerprint density at radius 2 is 1.44 bits per heavy atom. The molecule has 146 valence electrons. The van der Waals surface area contributed by atoms with Crippen molar-refractivity contribution in [3.05, 3.63) is 54.1 Å². The third-order valence-electron chi connectivity index (χ3n) is 4.06. The molecule has 0 fully saturated rings. The summed E-state index contributed by atoms with van der Waals surface area (Å²) in [5.41, 5.74) is 1.32. The summed E-state index contributed by atoms with van der Waals surface area (Å²) in [7, 11) is 1.62. The molecular weight excluding hydrogens is 342 g/mol. The molecule has 5 heteroatoms. The molecule has 0 heterocycles. The van der Waals surface area contributed by atoms with Crippen molar-refractivity contribution in [2.75, 3.05) is 20.3 Å². The molecule has 27 heavy (non-hydrogen) atoms. The Labute approximate surface area is 161 Å². The molecule has 1 amide bonds. The van der Waals surface area contributed by atoms with Crippen molar-refractivity contribution in [3.63, 3.8) is 0 Å². The van der Waals surface area contributed by atoms with Gasteiger partial charge in [0.05, 0.1) is 13.2 Å². The molecule has 0 radical (unpaired) electrons. The Morgan fingerprint density at radius 3 is 2.00 bits per heavy atom. The van der Waals surface area contributed by atoms with Crippen LogP contribution in [0.25, 0.3) is 0 Å². The monoisotopic (exact) mass is 371 g/mol. The van der Waals surface area contributed by atoms with Crippen LogP contribution in [0.1, 0.15) is 33.3 Å². The normalized spacial score (nSPS) is 12.2. The first-order chi connectivity index (χ1) is 12.8. The summed E-state index contributed by atoms with van der Waals surface area (Å²) >= 11 is 0. The van der Waals surface area contributed by atoms with E-state index in [-0.39, 0.29) is 24.0 Å². The zero-order valence-electron chi connectivity index (χ0n) is 16.7. The average molecular weight is 371 g/mol. The van der Waals surface area contributed by atoms with Gasteiger partial charge in [0.2, 0.25) is 0 Å². The number of benzene rings is 2. The fraction of sp³-hybridized carbons (Fsp3) is 0.409. The van der Waals surface area contributed by atoms with Gasteiger partial charge in [-0.1, -0.05) is 32.9 Å². The van der Waals surface area contributed by atoms with E-state index in [0.717, 1.165) is 11.5 Å². The molecule has 2 aromatic rings. The van der Waals surface area contributed by atoms with Crippen LogP contribution in [-0.2, 0) is 10.2 Å². The number of carbonyl (C=O) groups is 1. The summed E-state index contributed by atoms with van der Waals surface area (Å²) in [5.74, 6) is 2.00. The maximum Gasteiger partial charge on any atom is 0.258 e. The third kappa shape index (κ3) is 6.85. The van der Waals surface area contributed by atoms with Gasteiger partial charge in [0, 0.05) is 0 Å². The molecule has 0 unspecified atom stereocenters. The van der Waals surface area contributed by atoms with E-state index in [1.54, 1.807) is 7.11 Å². The molecule has 0 aliphatic carbocycles. The Hall–Kier alpha value is -2.69. The largest absolute Gasteiger partial charge is 0.497 e. The smallest absolute Gasteiger partial charge is 0.258 e. The van der Waals surface area contributed by atoms with E-state index >= 15 is 0 Å². The number of rotatable bonds is 8. The van der Waals surface area contributed by atoms with E-state index in [2.05, 4.69) is 26.1 Å². The van der Waals surface area contributed by atoms with Crippen molar-refractivity contribution in [2.45, 2.75) is 39.2 Å². The number of hydrogen-bond acceptors (Lipinski definition) is 4.